The minimum Gasteiger partial charge on any atom is -0.481 e. The fourth-order valence-corrected chi connectivity index (χ4v) is 0.557. The van der Waals surface area contributed by atoms with Gasteiger partial charge >= 0.3 is 5.97 Å². The number of aliphatic hydroxyl groups is 1. The van der Waals surface area contributed by atoms with Crippen molar-refractivity contribution in [1.29, 1.82) is 0 Å². The van der Waals surface area contributed by atoms with Crippen LogP contribution in [0.4, 0.5) is 0 Å². The van der Waals surface area contributed by atoms with E-state index < -0.39 is 11.9 Å². The summed E-state index contributed by atoms with van der Waals surface area (Å²) in [4.78, 5) is 21.0. The van der Waals surface area contributed by atoms with Gasteiger partial charge in [0.25, 0.3) is 0 Å². The molecular weight excluding hydrogens is 162 g/mol. The number of rotatable bonds is 5. The lowest BCUT2D eigenvalue weighted by Gasteiger charge is -2.02. The highest BCUT2D eigenvalue weighted by Crippen LogP contribution is 1.96. The molecule has 3 N–H and O–H groups in total. The molecule has 0 unspecified atom stereocenters. The highest BCUT2D eigenvalue weighted by molar-refractivity contribution is 5.96. The zero-order valence-electron chi connectivity index (χ0n) is 6.54. The first-order chi connectivity index (χ1) is 5.57. The summed E-state index contributed by atoms with van der Waals surface area (Å²) in [6, 6.07) is 0. The van der Waals surface area contributed by atoms with E-state index in [0.717, 1.165) is 0 Å². The van der Waals surface area contributed by atoms with Crippen LogP contribution in [-0.4, -0.2) is 35.2 Å². The molecule has 1 amide bonds. The van der Waals surface area contributed by atoms with Gasteiger partial charge in [-0.25, -0.2) is 0 Å². The second-order valence-corrected chi connectivity index (χ2v) is 2.15. The van der Waals surface area contributed by atoms with Gasteiger partial charge < -0.3 is 15.5 Å². The van der Waals surface area contributed by atoms with Crippen LogP contribution in [0, 0.1) is 0 Å². The lowest BCUT2D eigenvalue weighted by molar-refractivity contribution is -0.137. The SMILES string of the molecule is C=C(CC(=O)O)C(=O)NCCO. The summed E-state index contributed by atoms with van der Waals surface area (Å²) in [7, 11) is 0. The quantitative estimate of drug-likeness (QED) is 0.471. The minimum absolute atomic E-state index is 0.0176. The molecule has 68 valence electrons. The molecule has 0 saturated heterocycles. The predicted molar refractivity (Wildman–Crippen MR) is 41.5 cm³/mol. The average Bonchev–Trinajstić information content (AvgIpc) is 1.98. The van der Waals surface area contributed by atoms with Crippen molar-refractivity contribution in [1.82, 2.24) is 5.32 Å². The van der Waals surface area contributed by atoms with Crippen molar-refractivity contribution in [3.05, 3.63) is 12.2 Å². The van der Waals surface area contributed by atoms with Gasteiger partial charge in [-0.1, -0.05) is 6.58 Å². The second kappa shape index (κ2) is 5.31. The molecule has 0 aliphatic carbocycles. The number of nitrogens with one attached hydrogen (secondary N) is 1. The molecule has 0 fully saturated rings. The first kappa shape index (κ1) is 10.6. The van der Waals surface area contributed by atoms with Crippen molar-refractivity contribution in [3.8, 4) is 0 Å². The molecule has 0 aromatic carbocycles. The third-order valence-electron chi connectivity index (χ3n) is 1.08. The number of carbonyl (C=O) groups excluding carboxylic acids is 1. The smallest absolute Gasteiger partial charge is 0.308 e. The molecule has 0 bridgehead atoms. The Kier molecular flexibility index (Phi) is 4.71. The van der Waals surface area contributed by atoms with Crippen LogP contribution in [-0.2, 0) is 9.59 Å². The van der Waals surface area contributed by atoms with E-state index in [9.17, 15) is 9.59 Å². The molecule has 0 rings (SSSR count). The van der Waals surface area contributed by atoms with Gasteiger partial charge in [0.05, 0.1) is 13.0 Å². The van der Waals surface area contributed by atoms with Gasteiger partial charge in [-0.05, 0) is 0 Å². The molecule has 5 heteroatoms. The molecular formula is C7H11NO4. The maximum atomic E-state index is 10.9. The zero-order chi connectivity index (χ0) is 9.56. The maximum Gasteiger partial charge on any atom is 0.308 e. The standard InChI is InChI=1S/C7H11NO4/c1-5(4-6(10)11)7(12)8-2-3-9/h9H,1-4H2,(H,8,12)(H,10,11). The summed E-state index contributed by atoms with van der Waals surface area (Å²) < 4.78 is 0. The van der Waals surface area contributed by atoms with Crippen LogP contribution in [0.1, 0.15) is 6.42 Å². The highest BCUT2D eigenvalue weighted by atomic mass is 16.4. The zero-order valence-corrected chi connectivity index (χ0v) is 6.54. The van der Waals surface area contributed by atoms with Crippen molar-refractivity contribution >= 4 is 11.9 Å². The molecule has 0 aliphatic rings. The van der Waals surface area contributed by atoms with Gasteiger partial charge in [-0.15, -0.1) is 0 Å². The summed E-state index contributed by atoms with van der Waals surface area (Å²) in [5, 5.41) is 18.9. The molecule has 0 saturated carbocycles. The van der Waals surface area contributed by atoms with Crippen LogP contribution >= 0.6 is 0 Å². The van der Waals surface area contributed by atoms with Crippen molar-refractivity contribution in [2.24, 2.45) is 0 Å². The lowest BCUT2D eigenvalue weighted by atomic mass is 10.2. The monoisotopic (exact) mass is 173 g/mol. The van der Waals surface area contributed by atoms with E-state index >= 15 is 0 Å². The Hall–Kier alpha value is -1.36. The third kappa shape index (κ3) is 4.45. The van der Waals surface area contributed by atoms with Crippen molar-refractivity contribution in [3.63, 3.8) is 0 Å². The fraction of sp³-hybridized carbons (Fsp3) is 0.429. The number of aliphatic carboxylic acids is 1. The van der Waals surface area contributed by atoms with Gasteiger partial charge in [0.15, 0.2) is 0 Å². The molecule has 0 aromatic rings. The van der Waals surface area contributed by atoms with Crippen LogP contribution in [0.3, 0.4) is 0 Å². The molecule has 0 aromatic heterocycles. The summed E-state index contributed by atoms with van der Waals surface area (Å²) in [5.74, 6) is -1.63. The summed E-state index contributed by atoms with van der Waals surface area (Å²) >= 11 is 0. The number of amides is 1. The van der Waals surface area contributed by atoms with E-state index in [1.54, 1.807) is 0 Å². The van der Waals surface area contributed by atoms with Crippen molar-refractivity contribution < 1.29 is 19.8 Å². The van der Waals surface area contributed by atoms with Crippen molar-refractivity contribution in [2.75, 3.05) is 13.2 Å². The Morgan fingerprint density at radius 3 is 2.42 bits per heavy atom. The van der Waals surface area contributed by atoms with Gasteiger partial charge in [0, 0.05) is 12.1 Å². The topological polar surface area (TPSA) is 86.6 Å². The van der Waals surface area contributed by atoms with Gasteiger partial charge in [0.1, 0.15) is 0 Å². The number of hydrogen-bond donors (Lipinski definition) is 3. The van der Waals surface area contributed by atoms with Gasteiger partial charge in [-0.2, -0.15) is 0 Å². The van der Waals surface area contributed by atoms with Crippen LogP contribution < -0.4 is 5.32 Å². The summed E-state index contributed by atoms with van der Waals surface area (Å²) in [6.45, 7) is 3.21. The molecule has 0 atom stereocenters. The number of carboxylic acid groups (broad SMARTS) is 1. The molecule has 5 nitrogen and oxygen atoms in total. The third-order valence-corrected chi connectivity index (χ3v) is 1.08. The van der Waals surface area contributed by atoms with Crippen LogP contribution in [0.25, 0.3) is 0 Å². The van der Waals surface area contributed by atoms with E-state index in [0.29, 0.717) is 0 Å². The molecule has 12 heavy (non-hydrogen) atoms. The fourth-order valence-electron chi connectivity index (χ4n) is 0.557. The number of aliphatic hydroxyl groups excluding tert-OH is 1. The Labute approximate surface area is 69.7 Å². The molecule has 0 aliphatic heterocycles. The highest BCUT2D eigenvalue weighted by Gasteiger charge is 2.09. The maximum absolute atomic E-state index is 10.9. The first-order valence-corrected chi connectivity index (χ1v) is 3.36. The summed E-state index contributed by atoms with van der Waals surface area (Å²) in [6.07, 6.45) is -0.378. The predicted octanol–water partition coefficient (Wildman–Crippen LogP) is -0.874. The van der Waals surface area contributed by atoms with E-state index in [1.807, 2.05) is 0 Å². The normalized spacial score (nSPS) is 9.08. The Bertz CT molecular complexity index is 200. The van der Waals surface area contributed by atoms with E-state index in [2.05, 4.69) is 11.9 Å². The first-order valence-electron chi connectivity index (χ1n) is 3.36. The molecule has 0 spiro atoms. The summed E-state index contributed by atoms with van der Waals surface area (Å²) in [5.41, 5.74) is -0.0176. The lowest BCUT2D eigenvalue weighted by Crippen LogP contribution is -2.28. The van der Waals surface area contributed by atoms with Gasteiger partial charge in [-0.3, -0.25) is 9.59 Å². The van der Waals surface area contributed by atoms with Gasteiger partial charge in [0.2, 0.25) is 5.91 Å². The van der Waals surface area contributed by atoms with E-state index in [-0.39, 0.29) is 25.1 Å². The average molecular weight is 173 g/mol. The van der Waals surface area contributed by atoms with E-state index in [1.165, 1.54) is 0 Å². The molecule has 0 radical (unpaired) electrons. The largest absolute Gasteiger partial charge is 0.481 e. The number of carbonyl (C=O) groups is 2. The van der Waals surface area contributed by atoms with Crippen molar-refractivity contribution in [2.45, 2.75) is 6.42 Å². The van der Waals surface area contributed by atoms with Crippen LogP contribution in [0.5, 0.6) is 0 Å². The number of hydrogen-bond acceptors (Lipinski definition) is 3. The van der Waals surface area contributed by atoms with Crippen LogP contribution in [0.15, 0.2) is 12.2 Å². The Morgan fingerprint density at radius 2 is 2.00 bits per heavy atom. The Morgan fingerprint density at radius 1 is 1.42 bits per heavy atom. The second-order valence-electron chi connectivity index (χ2n) is 2.15. The minimum atomic E-state index is -1.10. The molecule has 0 heterocycles. The Balaban J connectivity index is 3.77. The number of carboxylic acids is 1. The van der Waals surface area contributed by atoms with E-state index in [4.69, 9.17) is 10.2 Å². The van der Waals surface area contributed by atoms with Crippen LogP contribution in [0.2, 0.25) is 0 Å².